The third-order valence-corrected chi connectivity index (χ3v) is 5.70. The summed E-state index contributed by atoms with van der Waals surface area (Å²) in [6.07, 6.45) is 4.43. The maximum atomic E-state index is 12.9. The Morgan fingerprint density at radius 3 is 2.93 bits per heavy atom. The molecule has 1 aliphatic carbocycles. The fraction of sp³-hybridized carbons (Fsp3) is 0.500. The zero-order valence-electron chi connectivity index (χ0n) is 16.1. The van der Waals surface area contributed by atoms with E-state index in [1.165, 1.54) is 0 Å². The molecule has 0 spiro atoms. The number of rotatable bonds is 3. The Kier molecular flexibility index (Phi) is 5.48. The van der Waals surface area contributed by atoms with Gasteiger partial charge in [-0.15, -0.1) is 0 Å². The van der Waals surface area contributed by atoms with E-state index in [0.29, 0.717) is 51.0 Å². The highest BCUT2D eigenvalue weighted by atomic mass is 16.3. The van der Waals surface area contributed by atoms with Crippen LogP contribution >= 0.6 is 0 Å². The Labute approximate surface area is 168 Å². The summed E-state index contributed by atoms with van der Waals surface area (Å²) in [6, 6.07) is 4.99. The van der Waals surface area contributed by atoms with Crippen LogP contribution in [0.25, 0.3) is 5.65 Å². The normalized spacial score (nSPS) is 25.3. The molecule has 9 heteroatoms. The van der Waals surface area contributed by atoms with Crippen molar-refractivity contribution in [1.29, 1.82) is 0 Å². The van der Waals surface area contributed by atoms with E-state index in [2.05, 4.69) is 15.6 Å². The summed E-state index contributed by atoms with van der Waals surface area (Å²) in [4.78, 5) is 43.1. The topological polar surface area (TPSA) is 116 Å². The van der Waals surface area contributed by atoms with E-state index in [1.807, 2.05) is 24.4 Å². The second-order valence-electron chi connectivity index (χ2n) is 7.67. The number of carbonyl (C=O) groups excluding carboxylic acids is 3. The summed E-state index contributed by atoms with van der Waals surface area (Å²) in [5.74, 6) is -0.703. The molecule has 0 unspecified atom stereocenters. The van der Waals surface area contributed by atoms with Crippen molar-refractivity contribution in [1.82, 2.24) is 24.9 Å². The lowest BCUT2D eigenvalue weighted by Crippen LogP contribution is -2.50. The quantitative estimate of drug-likeness (QED) is 0.669. The van der Waals surface area contributed by atoms with Crippen molar-refractivity contribution >= 4 is 23.4 Å². The van der Waals surface area contributed by atoms with E-state index < -0.39 is 12.1 Å². The fourth-order valence-corrected chi connectivity index (χ4v) is 4.07. The number of nitrogens with one attached hydrogen (secondary N) is 2. The average Bonchev–Trinajstić information content (AvgIpc) is 3.04. The maximum absolute atomic E-state index is 12.9. The highest BCUT2D eigenvalue weighted by molar-refractivity contribution is 5.93. The lowest BCUT2D eigenvalue weighted by atomic mass is 9.82. The molecule has 1 saturated carbocycles. The van der Waals surface area contributed by atoms with Gasteiger partial charge >= 0.3 is 0 Å². The monoisotopic (exact) mass is 399 g/mol. The van der Waals surface area contributed by atoms with E-state index in [4.69, 9.17) is 0 Å². The molecule has 2 aromatic heterocycles. The number of nitrogens with zero attached hydrogens (tertiary/aromatic N) is 3. The molecule has 3 heterocycles. The Balaban J connectivity index is 1.41. The number of fused-ring (bicyclic) bond motifs is 1. The minimum absolute atomic E-state index is 0.0135. The SMILES string of the molecule is O=C1CCN(C(=O)[C@H]2CC[C@@H](O)[C@H](NC(=O)c3cn4ccccc4n3)C2)CCN1. The molecule has 2 aliphatic rings. The van der Waals surface area contributed by atoms with Crippen molar-refractivity contribution in [2.75, 3.05) is 19.6 Å². The number of aliphatic hydroxyl groups excluding tert-OH is 1. The minimum Gasteiger partial charge on any atom is -0.391 e. The molecule has 2 aromatic rings. The number of amides is 3. The minimum atomic E-state index is -0.701. The molecule has 29 heavy (non-hydrogen) atoms. The molecule has 1 aliphatic heterocycles. The van der Waals surface area contributed by atoms with Gasteiger partial charge in [-0.05, 0) is 31.4 Å². The van der Waals surface area contributed by atoms with Crippen molar-refractivity contribution in [2.45, 2.75) is 37.8 Å². The molecular weight excluding hydrogens is 374 g/mol. The zero-order chi connectivity index (χ0) is 20.4. The van der Waals surface area contributed by atoms with Crippen LogP contribution in [0, 0.1) is 5.92 Å². The van der Waals surface area contributed by atoms with Gasteiger partial charge < -0.3 is 25.0 Å². The number of aromatic nitrogens is 2. The van der Waals surface area contributed by atoms with Crippen molar-refractivity contribution in [2.24, 2.45) is 5.92 Å². The number of hydrogen-bond acceptors (Lipinski definition) is 5. The van der Waals surface area contributed by atoms with Crippen LogP contribution in [0.3, 0.4) is 0 Å². The van der Waals surface area contributed by atoms with Crippen molar-refractivity contribution in [3.05, 3.63) is 36.3 Å². The smallest absolute Gasteiger partial charge is 0.271 e. The van der Waals surface area contributed by atoms with Gasteiger partial charge in [0.2, 0.25) is 11.8 Å². The van der Waals surface area contributed by atoms with Crippen LogP contribution < -0.4 is 10.6 Å². The van der Waals surface area contributed by atoms with E-state index >= 15 is 0 Å². The van der Waals surface area contributed by atoms with Crippen molar-refractivity contribution in [3.63, 3.8) is 0 Å². The van der Waals surface area contributed by atoms with Crippen LogP contribution in [-0.2, 0) is 9.59 Å². The third kappa shape index (κ3) is 4.24. The molecule has 3 amide bonds. The Hall–Kier alpha value is -2.94. The van der Waals surface area contributed by atoms with Crippen LogP contribution in [0.15, 0.2) is 30.6 Å². The van der Waals surface area contributed by atoms with Gasteiger partial charge in [-0.3, -0.25) is 14.4 Å². The summed E-state index contributed by atoms with van der Waals surface area (Å²) in [5.41, 5.74) is 0.938. The third-order valence-electron chi connectivity index (χ3n) is 5.70. The van der Waals surface area contributed by atoms with Gasteiger partial charge in [0.15, 0.2) is 0 Å². The molecule has 4 rings (SSSR count). The predicted octanol–water partition coefficient (Wildman–Crippen LogP) is -0.0578. The van der Waals surface area contributed by atoms with Crippen LogP contribution in [0.1, 0.15) is 36.2 Å². The first-order valence-electron chi connectivity index (χ1n) is 9.99. The Bertz CT molecular complexity index is 893. The number of pyridine rings is 1. The fourth-order valence-electron chi connectivity index (χ4n) is 4.07. The van der Waals surface area contributed by atoms with Gasteiger partial charge in [0.25, 0.3) is 5.91 Å². The van der Waals surface area contributed by atoms with Gasteiger partial charge in [0.05, 0.1) is 12.1 Å². The highest BCUT2D eigenvalue weighted by Crippen LogP contribution is 2.27. The Morgan fingerprint density at radius 2 is 2.10 bits per heavy atom. The van der Waals surface area contributed by atoms with Gasteiger partial charge in [-0.1, -0.05) is 6.07 Å². The predicted molar refractivity (Wildman–Crippen MR) is 104 cm³/mol. The van der Waals surface area contributed by atoms with Crippen LogP contribution in [0.4, 0.5) is 0 Å². The lowest BCUT2D eigenvalue weighted by Gasteiger charge is -2.35. The molecular formula is C20H25N5O4. The first kappa shape index (κ1) is 19.4. The Morgan fingerprint density at radius 1 is 1.24 bits per heavy atom. The first-order valence-corrected chi connectivity index (χ1v) is 9.99. The number of imidazole rings is 1. The molecule has 2 fully saturated rings. The summed E-state index contributed by atoms with van der Waals surface area (Å²) in [7, 11) is 0. The van der Waals surface area contributed by atoms with Gasteiger partial charge in [0, 0.05) is 44.4 Å². The average molecular weight is 399 g/mol. The summed E-state index contributed by atoms with van der Waals surface area (Å²) in [5, 5.41) is 16.0. The van der Waals surface area contributed by atoms with Crippen LogP contribution in [-0.4, -0.2) is 68.9 Å². The standard InChI is InChI=1S/C20H25N5O4/c26-16-5-4-13(20(29)24-9-6-18(27)21-7-10-24)11-14(16)23-19(28)15-12-25-8-2-1-3-17(25)22-15/h1-3,8,12-14,16,26H,4-7,9-11H2,(H,21,27)(H,23,28)/t13-,14+,16+/m0/s1. The summed E-state index contributed by atoms with van der Waals surface area (Å²) in [6.45, 7) is 1.35. The van der Waals surface area contributed by atoms with E-state index in [0.717, 1.165) is 0 Å². The zero-order valence-corrected chi connectivity index (χ0v) is 16.1. The van der Waals surface area contributed by atoms with Crippen molar-refractivity contribution in [3.8, 4) is 0 Å². The van der Waals surface area contributed by atoms with E-state index in [9.17, 15) is 19.5 Å². The maximum Gasteiger partial charge on any atom is 0.271 e. The molecule has 3 N–H and O–H groups in total. The summed E-state index contributed by atoms with van der Waals surface area (Å²) >= 11 is 0. The molecule has 9 nitrogen and oxygen atoms in total. The molecule has 0 bridgehead atoms. The van der Waals surface area contributed by atoms with E-state index in [1.54, 1.807) is 15.5 Å². The largest absolute Gasteiger partial charge is 0.391 e. The molecule has 154 valence electrons. The van der Waals surface area contributed by atoms with Gasteiger partial charge in [-0.2, -0.15) is 0 Å². The number of carbonyl (C=O) groups is 3. The second-order valence-corrected chi connectivity index (χ2v) is 7.67. The van der Waals surface area contributed by atoms with Gasteiger partial charge in [0.1, 0.15) is 11.3 Å². The summed E-state index contributed by atoms with van der Waals surface area (Å²) < 4.78 is 1.76. The number of aliphatic hydroxyl groups is 1. The van der Waals surface area contributed by atoms with E-state index in [-0.39, 0.29) is 29.3 Å². The highest BCUT2D eigenvalue weighted by Gasteiger charge is 2.36. The van der Waals surface area contributed by atoms with Crippen LogP contribution in [0.5, 0.6) is 0 Å². The first-order chi connectivity index (χ1) is 14.0. The van der Waals surface area contributed by atoms with Gasteiger partial charge in [-0.25, -0.2) is 4.98 Å². The molecule has 0 radical (unpaired) electrons. The lowest BCUT2D eigenvalue weighted by molar-refractivity contribution is -0.137. The van der Waals surface area contributed by atoms with Crippen LogP contribution in [0.2, 0.25) is 0 Å². The molecule has 1 saturated heterocycles. The molecule has 0 aromatic carbocycles. The number of hydrogen-bond donors (Lipinski definition) is 3. The molecule has 3 atom stereocenters. The van der Waals surface area contributed by atoms with Crippen molar-refractivity contribution < 1.29 is 19.5 Å². The second kappa shape index (κ2) is 8.20.